The fourth-order valence-corrected chi connectivity index (χ4v) is 4.19. The van der Waals surface area contributed by atoms with E-state index in [1.54, 1.807) is 24.3 Å². The van der Waals surface area contributed by atoms with Crippen molar-refractivity contribution in [3.05, 3.63) is 47.3 Å². The Morgan fingerprint density at radius 1 is 1.24 bits per heavy atom. The molecule has 2 aromatic heterocycles. The Hall–Kier alpha value is -2.74. The summed E-state index contributed by atoms with van der Waals surface area (Å²) in [6.07, 6.45) is 6.03. The number of amides is 1. The van der Waals surface area contributed by atoms with Crippen molar-refractivity contribution in [2.45, 2.75) is 39.3 Å². The van der Waals surface area contributed by atoms with Gasteiger partial charge in [0.15, 0.2) is 5.82 Å². The number of aromatic nitrogens is 4. The minimum absolute atomic E-state index is 0.0718. The van der Waals surface area contributed by atoms with Gasteiger partial charge in [-0.1, -0.05) is 35.0 Å². The number of halogens is 1. The zero-order valence-electron chi connectivity index (χ0n) is 16.9. The molecule has 1 amide bonds. The molecule has 3 aromatic rings. The molecule has 1 aliphatic heterocycles. The molecule has 7 nitrogen and oxygen atoms in total. The summed E-state index contributed by atoms with van der Waals surface area (Å²) in [5, 5.41) is 0. The Morgan fingerprint density at radius 3 is 2.72 bits per heavy atom. The van der Waals surface area contributed by atoms with E-state index in [0.717, 1.165) is 27.4 Å². The minimum Gasteiger partial charge on any atom is -0.340 e. The van der Waals surface area contributed by atoms with Gasteiger partial charge in [0, 0.05) is 35.5 Å². The van der Waals surface area contributed by atoms with Crippen LogP contribution in [0, 0.1) is 0 Å². The maximum atomic E-state index is 12.8. The number of carbonyl (C=O) groups is 1. The maximum Gasteiger partial charge on any atom is 0.249 e. The summed E-state index contributed by atoms with van der Waals surface area (Å²) in [5.41, 5.74) is 1.69. The monoisotopic (exact) mass is 454 g/mol. The molecule has 0 N–H and O–H groups in total. The molecule has 0 saturated heterocycles. The molecule has 8 heteroatoms. The Labute approximate surface area is 178 Å². The molecule has 3 heterocycles. The first kappa shape index (κ1) is 19.6. The van der Waals surface area contributed by atoms with E-state index in [4.69, 9.17) is 4.98 Å². The van der Waals surface area contributed by atoms with Crippen LogP contribution in [0.4, 0.5) is 11.5 Å². The molecular formula is C21H23BrN6O. The second kappa shape index (κ2) is 7.59. The van der Waals surface area contributed by atoms with E-state index in [-0.39, 0.29) is 18.0 Å². The van der Waals surface area contributed by atoms with Gasteiger partial charge in [-0.2, -0.15) is 4.98 Å². The highest BCUT2D eigenvalue weighted by molar-refractivity contribution is 9.10. The van der Waals surface area contributed by atoms with Crippen LogP contribution < -0.4 is 9.80 Å². The lowest BCUT2D eigenvalue weighted by atomic mass is 10.1. The third-order valence-corrected chi connectivity index (χ3v) is 5.67. The number of rotatable bonds is 4. The molecule has 1 unspecified atom stereocenters. The van der Waals surface area contributed by atoms with Gasteiger partial charge < -0.3 is 9.80 Å². The number of imidazole rings is 1. The normalized spacial score (nSPS) is 16.5. The van der Waals surface area contributed by atoms with E-state index < -0.39 is 0 Å². The Kier molecular flexibility index (Phi) is 5.12. The van der Waals surface area contributed by atoms with Gasteiger partial charge >= 0.3 is 0 Å². The average molecular weight is 455 g/mol. The number of benzene rings is 1. The summed E-state index contributed by atoms with van der Waals surface area (Å²) >= 11 is 3.52. The van der Waals surface area contributed by atoms with Crippen molar-refractivity contribution in [2.24, 2.45) is 0 Å². The predicted octanol–water partition coefficient (Wildman–Crippen LogP) is 4.06. The molecule has 29 heavy (non-hydrogen) atoms. The van der Waals surface area contributed by atoms with Crippen molar-refractivity contribution in [1.82, 2.24) is 19.5 Å². The number of fused-ring (bicyclic) bond motifs is 1. The minimum atomic E-state index is -0.234. The van der Waals surface area contributed by atoms with Crippen LogP contribution in [0.2, 0.25) is 0 Å². The van der Waals surface area contributed by atoms with Gasteiger partial charge in [0.1, 0.15) is 17.6 Å². The number of hydrogen-bond donors (Lipinski definition) is 0. The van der Waals surface area contributed by atoms with Crippen LogP contribution in [-0.2, 0) is 4.79 Å². The molecule has 0 bridgehead atoms. The van der Waals surface area contributed by atoms with E-state index in [0.29, 0.717) is 12.4 Å². The number of nitrogens with zero attached hydrogens (tertiary/aromatic N) is 6. The zero-order valence-corrected chi connectivity index (χ0v) is 18.5. The first-order valence-electron chi connectivity index (χ1n) is 9.65. The molecule has 0 spiro atoms. The van der Waals surface area contributed by atoms with Gasteiger partial charge in [0.25, 0.3) is 0 Å². The Morgan fingerprint density at radius 2 is 2.03 bits per heavy atom. The fraction of sp³-hybridized carbons (Fsp3) is 0.333. The number of hydrogen-bond acceptors (Lipinski definition) is 5. The van der Waals surface area contributed by atoms with E-state index in [2.05, 4.69) is 44.6 Å². The van der Waals surface area contributed by atoms with Gasteiger partial charge in [-0.3, -0.25) is 9.36 Å². The van der Waals surface area contributed by atoms with Crippen molar-refractivity contribution in [2.75, 3.05) is 16.8 Å². The summed E-state index contributed by atoms with van der Waals surface area (Å²) in [4.78, 5) is 30.5. The Bertz CT molecular complexity index is 1060. The molecule has 4 rings (SSSR count). The molecule has 0 radical (unpaired) electrons. The van der Waals surface area contributed by atoms with Gasteiger partial charge in [-0.05, 0) is 32.4 Å². The molecule has 0 fully saturated rings. The number of carbonyl (C=O) groups excluding carboxylic acids is 1. The lowest BCUT2D eigenvalue weighted by Gasteiger charge is -2.42. The first-order valence-corrected chi connectivity index (χ1v) is 10.4. The topological polar surface area (TPSA) is 67.2 Å². The van der Waals surface area contributed by atoms with E-state index in [9.17, 15) is 4.79 Å². The van der Waals surface area contributed by atoms with Crippen molar-refractivity contribution in [1.29, 1.82) is 0 Å². The first-order chi connectivity index (χ1) is 13.9. The highest BCUT2D eigenvalue weighted by Gasteiger charge is 2.38. The van der Waals surface area contributed by atoms with Crippen LogP contribution in [0.1, 0.15) is 27.2 Å². The van der Waals surface area contributed by atoms with Gasteiger partial charge in [-0.15, -0.1) is 0 Å². The van der Waals surface area contributed by atoms with Crippen molar-refractivity contribution in [3.63, 3.8) is 0 Å². The number of likely N-dealkylation sites (N-methyl/N-ethyl adjacent to an activating group) is 1. The fourth-order valence-electron chi connectivity index (χ4n) is 3.79. The molecule has 1 aliphatic rings. The summed E-state index contributed by atoms with van der Waals surface area (Å²) in [6, 6.07) is 7.86. The van der Waals surface area contributed by atoms with E-state index >= 15 is 0 Å². The third kappa shape index (κ3) is 3.31. The summed E-state index contributed by atoms with van der Waals surface area (Å²) in [6.45, 7) is 6.19. The highest BCUT2D eigenvalue weighted by atomic mass is 79.9. The molecule has 150 valence electrons. The van der Waals surface area contributed by atoms with Crippen LogP contribution >= 0.6 is 15.9 Å². The SMILES string of the molecule is CCC1C(=O)N(C)c2cnc(-n3ccnc3-c3cccc(Br)c3)nc2N1C(C)C. The van der Waals surface area contributed by atoms with Crippen LogP contribution in [0.25, 0.3) is 17.3 Å². The van der Waals surface area contributed by atoms with Crippen molar-refractivity contribution in [3.8, 4) is 17.3 Å². The maximum absolute atomic E-state index is 12.8. The summed E-state index contributed by atoms with van der Waals surface area (Å²) < 4.78 is 2.85. The Balaban J connectivity index is 1.85. The molecule has 0 aliphatic carbocycles. The predicted molar refractivity (Wildman–Crippen MR) is 117 cm³/mol. The smallest absolute Gasteiger partial charge is 0.249 e. The van der Waals surface area contributed by atoms with Gasteiger partial charge in [-0.25, -0.2) is 9.97 Å². The third-order valence-electron chi connectivity index (χ3n) is 5.18. The number of anilines is 2. The second-order valence-corrected chi connectivity index (χ2v) is 8.25. The van der Waals surface area contributed by atoms with Crippen molar-refractivity contribution >= 4 is 33.3 Å². The standard InChI is InChI=1S/C21H23BrN6O/c1-5-16-20(29)26(4)17-12-24-21(25-19(17)28(16)13(2)3)27-10-9-23-18(27)14-7-6-8-15(22)11-14/h6-13,16H,5H2,1-4H3. The molecular weight excluding hydrogens is 432 g/mol. The summed E-state index contributed by atoms with van der Waals surface area (Å²) in [5.74, 6) is 2.13. The van der Waals surface area contributed by atoms with Crippen molar-refractivity contribution < 1.29 is 4.79 Å². The van der Waals surface area contributed by atoms with Crippen LogP contribution in [0.3, 0.4) is 0 Å². The lowest BCUT2D eigenvalue weighted by molar-refractivity contribution is -0.120. The molecule has 1 atom stereocenters. The summed E-state index contributed by atoms with van der Waals surface area (Å²) in [7, 11) is 1.79. The van der Waals surface area contributed by atoms with E-state index in [1.807, 2.05) is 42.0 Å². The lowest BCUT2D eigenvalue weighted by Crippen LogP contribution is -2.55. The van der Waals surface area contributed by atoms with Gasteiger partial charge in [0.2, 0.25) is 11.9 Å². The van der Waals surface area contributed by atoms with Crippen LogP contribution in [0.15, 0.2) is 47.3 Å². The van der Waals surface area contributed by atoms with Crippen LogP contribution in [0.5, 0.6) is 0 Å². The molecule has 0 saturated carbocycles. The highest BCUT2D eigenvalue weighted by Crippen LogP contribution is 2.36. The zero-order chi connectivity index (χ0) is 20.7. The molecule has 1 aromatic carbocycles. The second-order valence-electron chi connectivity index (χ2n) is 7.33. The average Bonchev–Trinajstić information content (AvgIpc) is 3.19. The van der Waals surface area contributed by atoms with Crippen LogP contribution in [-0.4, -0.2) is 44.6 Å². The van der Waals surface area contributed by atoms with E-state index in [1.165, 1.54) is 0 Å². The van der Waals surface area contributed by atoms with Gasteiger partial charge in [0.05, 0.1) is 6.20 Å². The quantitative estimate of drug-likeness (QED) is 0.594. The largest absolute Gasteiger partial charge is 0.340 e.